The van der Waals surface area contributed by atoms with Crippen molar-refractivity contribution in [3.8, 4) is 0 Å². The maximum Gasteiger partial charge on any atom is 0.264 e. The minimum atomic E-state index is -4.16. The van der Waals surface area contributed by atoms with Crippen LogP contribution >= 0.6 is 23.2 Å². The molecule has 1 N–H and O–H groups in total. The lowest BCUT2D eigenvalue weighted by Crippen LogP contribution is -2.53. The van der Waals surface area contributed by atoms with Crippen LogP contribution in [0.25, 0.3) is 0 Å². The predicted molar refractivity (Wildman–Crippen MR) is 161 cm³/mol. The second-order valence-corrected chi connectivity index (χ2v) is 12.4. The zero-order chi connectivity index (χ0) is 29.4. The molecular formula is C30H35Cl2N3O4S. The number of nitrogens with one attached hydrogen (secondary N) is 1. The molecule has 0 aliphatic heterocycles. The summed E-state index contributed by atoms with van der Waals surface area (Å²) >= 11 is 12.1. The van der Waals surface area contributed by atoms with Gasteiger partial charge in [0.05, 0.1) is 10.6 Å². The fourth-order valence-electron chi connectivity index (χ4n) is 4.19. The summed E-state index contributed by atoms with van der Waals surface area (Å²) in [6, 6.07) is 18.8. The molecule has 2 atom stereocenters. The maximum atomic E-state index is 14.1. The van der Waals surface area contributed by atoms with Crippen LogP contribution in [0.3, 0.4) is 0 Å². The van der Waals surface area contributed by atoms with Gasteiger partial charge >= 0.3 is 0 Å². The van der Waals surface area contributed by atoms with Crippen molar-refractivity contribution in [1.82, 2.24) is 10.2 Å². The standard InChI is InChI=1S/C30H35Cl2N3O4S/c1-5-22(4)33-30(37)28(6-2)34(19-23-10-12-24(31)13-11-23)29(36)20-35(26-9-7-8-21(3)18-26)40(38,39)27-16-14-25(32)15-17-27/h7-18,22,28H,5-6,19-20H2,1-4H3,(H,33,37)/t22-,28-/m0/s1. The Morgan fingerprint density at radius 3 is 2.05 bits per heavy atom. The molecule has 214 valence electrons. The van der Waals surface area contributed by atoms with E-state index < -0.39 is 28.5 Å². The average Bonchev–Trinajstić information content (AvgIpc) is 2.92. The quantitative estimate of drug-likeness (QED) is 0.266. The summed E-state index contributed by atoms with van der Waals surface area (Å²) in [5.74, 6) is -0.804. The summed E-state index contributed by atoms with van der Waals surface area (Å²) in [4.78, 5) is 28.8. The Labute approximate surface area is 247 Å². The van der Waals surface area contributed by atoms with E-state index in [0.717, 1.165) is 21.9 Å². The molecule has 40 heavy (non-hydrogen) atoms. The Morgan fingerprint density at radius 2 is 1.50 bits per heavy atom. The Hall–Kier alpha value is -3.07. The van der Waals surface area contributed by atoms with E-state index in [0.29, 0.717) is 22.2 Å². The summed E-state index contributed by atoms with van der Waals surface area (Å²) in [6.07, 6.45) is 1.07. The summed E-state index contributed by atoms with van der Waals surface area (Å²) in [7, 11) is -4.16. The van der Waals surface area contributed by atoms with Crippen LogP contribution in [0.2, 0.25) is 10.0 Å². The number of aryl methyl sites for hydroxylation is 1. The number of carbonyl (C=O) groups excluding carboxylic acids is 2. The van der Waals surface area contributed by atoms with Gasteiger partial charge in [0.25, 0.3) is 10.0 Å². The summed E-state index contributed by atoms with van der Waals surface area (Å²) in [5, 5.41) is 3.90. The van der Waals surface area contributed by atoms with Crippen molar-refractivity contribution >= 4 is 50.7 Å². The van der Waals surface area contributed by atoms with Crippen LogP contribution in [-0.2, 0) is 26.2 Å². The van der Waals surface area contributed by atoms with Crippen molar-refractivity contribution in [2.45, 2.75) is 64.1 Å². The van der Waals surface area contributed by atoms with E-state index in [4.69, 9.17) is 23.2 Å². The van der Waals surface area contributed by atoms with Crippen molar-refractivity contribution in [2.24, 2.45) is 0 Å². The Bertz CT molecular complexity index is 1410. The highest BCUT2D eigenvalue weighted by atomic mass is 35.5. The molecule has 3 aromatic rings. The molecule has 3 rings (SSSR count). The number of halogens is 2. The number of nitrogens with zero attached hydrogens (tertiary/aromatic N) is 2. The number of anilines is 1. The second-order valence-electron chi connectivity index (χ2n) is 9.69. The van der Waals surface area contributed by atoms with Gasteiger partial charge in [0, 0.05) is 22.6 Å². The van der Waals surface area contributed by atoms with Gasteiger partial charge in [-0.25, -0.2) is 8.42 Å². The van der Waals surface area contributed by atoms with Gasteiger partial charge in [-0.05, 0) is 86.3 Å². The number of hydrogen-bond acceptors (Lipinski definition) is 4. The number of benzene rings is 3. The van der Waals surface area contributed by atoms with Crippen molar-refractivity contribution in [2.75, 3.05) is 10.8 Å². The zero-order valence-corrected chi connectivity index (χ0v) is 25.4. The van der Waals surface area contributed by atoms with Gasteiger partial charge in [0.1, 0.15) is 12.6 Å². The van der Waals surface area contributed by atoms with Gasteiger partial charge < -0.3 is 10.2 Å². The molecule has 0 saturated carbocycles. The minimum Gasteiger partial charge on any atom is -0.352 e. The Balaban J connectivity index is 2.05. The number of sulfonamides is 1. The van der Waals surface area contributed by atoms with Crippen LogP contribution < -0.4 is 9.62 Å². The maximum absolute atomic E-state index is 14.1. The largest absolute Gasteiger partial charge is 0.352 e. The van der Waals surface area contributed by atoms with Crippen LogP contribution in [0.5, 0.6) is 0 Å². The van der Waals surface area contributed by atoms with E-state index in [1.54, 1.807) is 42.5 Å². The first-order valence-corrected chi connectivity index (χ1v) is 15.3. The van der Waals surface area contributed by atoms with E-state index in [-0.39, 0.29) is 23.4 Å². The summed E-state index contributed by atoms with van der Waals surface area (Å²) in [6.45, 7) is 7.13. The first kappa shape index (κ1) is 31.5. The molecule has 0 radical (unpaired) electrons. The van der Waals surface area contributed by atoms with Gasteiger partial charge in [0.15, 0.2) is 0 Å². The third-order valence-electron chi connectivity index (χ3n) is 6.62. The van der Waals surface area contributed by atoms with E-state index in [9.17, 15) is 18.0 Å². The average molecular weight is 605 g/mol. The lowest BCUT2D eigenvalue weighted by atomic mass is 10.1. The normalized spacial score (nSPS) is 12.8. The van der Waals surface area contributed by atoms with Gasteiger partial charge in [-0.1, -0.05) is 61.3 Å². The van der Waals surface area contributed by atoms with Crippen LogP contribution in [0.4, 0.5) is 5.69 Å². The fraction of sp³-hybridized carbons (Fsp3) is 0.333. The molecule has 0 heterocycles. The Kier molecular flexibility index (Phi) is 11.0. The third-order valence-corrected chi connectivity index (χ3v) is 8.92. The smallest absolute Gasteiger partial charge is 0.264 e. The molecule has 0 aliphatic carbocycles. The Morgan fingerprint density at radius 1 is 0.900 bits per heavy atom. The van der Waals surface area contributed by atoms with Crippen molar-refractivity contribution < 1.29 is 18.0 Å². The van der Waals surface area contributed by atoms with Gasteiger partial charge in [-0.3, -0.25) is 13.9 Å². The molecule has 0 aromatic heterocycles. The van der Waals surface area contributed by atoms with Crippen LogP contribution in [0.1, 0.15) is 44.7 Å². The molecular weight excluding hydrogens is 569 g/mol. The van der Waals surface area contributed by atoms with Crippen molar-refractivity contribution in [3.63, 3.8) is 0 Å². The lowest BCUT2D eigenvalue weighted by Gasteiger charge is -2.33. The SMILES string of the molecule is CC[C@H](C)NC(=O)[C@H](CC)N(Cc1ccc(Cl)cc1)C(=O)CN(c1cccc(C)c1)S(=O)(=O)c1ccc(Cl)cc1. The van der Waals surface area contributed by atoms with Gasteiger partial charge in [-0.15, -0.1) is 0 Å². The molecule has 7 nitrogen and oxygen atoms in total. The molecule has 0 spiro atoms. The number of amides is 2. The minimum absolute atomic E-state index is 0.00277. The topological polar surface area (TPSA) is 86.8 Å². The molecule has 0 saturated heterocycles. The van der Waals surface area contributed by atoms with Crippen molar-refractivity contribution in [3.05, 3.63) is 94.0 Å². The molecule has 3 aromatic carbocycles. The lowest BCUT2D eigenvalue weighted by molar-refractivity contribution is -0.140. The number of carbonyl (C=O) groups is 2. The van der Waals surface area contributed by atoms with E-state index >= 15 is 0 Å². The highest BCUT2D eigenvalue weighted by Crippen LogP contribution is 2.26. The highest BCUT2D eigenvalue weighted by Gasteiger charge is 2.34. The number of hydrogen-bond donors (Lipinski definition) is 1. The van der Waals surface area contributed by atoms with E-state index in [1.165, 1.54) is 29.2 Å². The second kappa shape index (κ2) is 14.0. The predicted octanol–water partition coefficient (Wildman–Crippen LogP) is 6.22. The first-order chi connectivity index (χ1) is 19.0. The fourth-order valence-corrected chi connectivity index (χ4v) is 5.85. The molecule has 0 aliphatic rings. The van der Waals surface area contributed by atoms with E-state index in [1.807, 2.05) is 33.8 Å². The molecule has 0 unspecified atom stereocenters. The molecule has 10 heteroatoms. The van der Waals surface area contributed by atoms with Crippen LogP contribution in [0, 0.1) is 6.92 Å². The van der Waals surface area contributed by atoms with E-state index in [2.05, 4.69) is 5.32 Å². The third kappa shape index (κ3) is 7.99. The summed E-state index contributed by atoms with van der Waals surface area (Å²) < 4.78 is 28.9. The molecule has 0 fully saturated rings. The summed E-state index contributed by atoms with van der Waals surface area (Å²) in [5.41, 5.74) is 1.93. The molecule has 0 bridgehead atoms. The monoisotopic (exact) mass is 603 g/mol. The van der Waals surface area contributed by atoms with Gasteiger partial charge in [0.2, 0.25) is 11.8 Å². The first-order valence-electron chi connectivity index (χ1n) is 13.2. The van der Waals surface area contributed by atoms with Gasteiger partial charge in [-0.2, -0.15) is 0 Å². The van der Waals surface area contributed by atoms with Crippen molar-refractivity contribution in [1.29, 1.82) is 0 Å². The highest BCUT2D eigenvalue weighted by molar-refractivity contribution is 7.92. The van der Waals surface area contributed by atoms with Crippen LogP contribution in [0.15, 0.2) is 77.7 Å². The zero-order valence-electron chi connectivity index (χ0n) is 23.1. The van der Waals surface area contributed by atoms with Crippen LogP contribution in [-0.4, -0.2) is 43.8 Å². The molecule has 2 amide bonds. The number of rotatable bonds is 12.